The molecule has 1 aromatic rings. The lowest BCUT2D eigenvalue weighted by atomic mass is 10.1. The Labute approximate surface area is 163 Å². The van der Waals surface area contributed by atoms with Gasteiger partial charge in [0.25, 0.3) is 5.91 Å². The Morgan fingerprint density at radius 1 is 1.00 bits per heavy atom. The summed E-state index contributed by atoms with van der Waals surface area (Å²) < 4.78 is 0. The van der Waals surface area contributed by atoms with Crippen LogP contribution in [-0.2, 0) is 11.3 Å². The van der Waals surface area contributed by atoms with Crippen LogP contribution in [0.5, 0.6) is 0 Å². The molecule has 0 aromatic heterocycles. The Kier molecular flexibility index (Phi) is 7.27. The second-order valence-corrected chi connectivity index (χ2v) is 8.03. The highest BCUT2D eigenvalue weighted by Crippen LogP contribution is 2.20. The van der Waals surface area contributed by atoms with E-state index in [0.29, 0.717) is 19.1 Å². The molecule has 5 nitrogen and oxygen atoms in total. The van der Waals surface area contributed by atoms with Gasteiger partial charge < -0.3 is 10.2 Å². The van der Waals surface area contributed by atoms with Crippen LogP contribution < -0.4 is 5.32 Å². The van der Waals surface area contributed by atoms with Crippen LogP contribution in [0.25, 0.3) is 0 Å². The van der Waals surface area contributed by atoms with E-state index >= 15 is 0 Å². The van der Waals surface area contributed by atoms with Crippen molar-refractivity contribution in [1.82, 2.24) is 15.1 Å². The smallest absolute Gasteiger partial charge is 0.253 e. The molecule has 0 unspecified atom stereocenters. The van der Waals surface area contributed by atoms with Gasteiger partial charge in [0.2, 0.25) is 5.91 Å². The fourth-order valence-corrected chi connectivity index (χ4v) is 4.18. The number of hydrogen-bond donors (Lipinski definition) is 1. The molecule has 3 rings (SSSR count). The lowest BCUT2D eigenvalue weighted by molar-refractivity contribution is -0.122. The van der Waals surface area contributed by atoms with Crippen LogP contribution in [0.1, 0.15) is 67.3 Å². The van der Waals surface area contributed by atoms with E-state index in [1.54, 1.807) is 0 Å². The first-order chi connectivity index (χ1) is 13.1. The first-order valence-corrected chi connectivity index (χ1v) is 10.5. The molecule has 1 aliphatic heterocycles. The minimum absolute atomic E-state index is 0.0685. The van der Waals surface area contributed by atoms with E-state index in [-0.39, 0.29) is 11.8 Å². The van der Waals surface area contributed by atoms with E-state index in [1.165, 1.54) is 38.5 Å². The molecule has 1 N–H and O–H groups in total. The number of likely N-dealkylation sites (N-methyl/N-ethyl adjacent to an activating group) is 1. The molecule has 2 aliphatic rings. The van der Waals surface area contributed by atoms with Gasteiger partial charge in [0.05, 0.1) is 6.54 Å². The zero-order valence-electron chi connectivity index (χ0n) is 16.6. The van der Waals surface area contributed by atoms with E-state index in [1.807, 2.05) is 29.2 Å². The third-order valence-electron chi connectivity index (χ3n) is 5.92. The van der Waals surface area contributed by atoms with Gasteiger partial charge in [-0.1, -0.05) is 37.8 Å². The standard InChI is InChI=1S/C22H33N3O2/c1-24(20-8-4-2-3-5-9-20)17-21(26)23-16-18-10-12-19(13-11-18)22(27)25-14-6-7-15-25/h10-13,20H,2-9,14-17H2,1H3,(H,23,26). The van der Waals surface area contributed by atoms with E-state index in [2.05, 4.69) is 17.3 Å². The maximum atomic E-state index is 12.4. The summed E-state index contributed by atoms with van der Waals surface area (Å²) in [7, 11) is 2.06. The van der Waals surface area contributed by atoms with Gasteiger partial charge in [0, 0.05) is 31.2 Å². The van der Waals surface area contributed by atoms with Crippen LogP contribution in [0.2, 0.25) is 0 Å². The molecule has 1 heterocycles. The van der Waals surface area contributed by atoms with Crippen LogP contribution in [0.15, 0.2) is 24.3 Å². The predicted molar refractivity (Wildman–Crippen MR) is 108 cm³/mol. The van der Waals surface area contributed by atoms with Crippen molar-refractivity contribution in [3.05, 3.63) is 35.4 Å². The van der Waals surface area contributed by atoms with Gasteiger partial charge in [-0.05, 0) is 50.4 Å². The van der Waals surface area contributed by atoms with Crippen molar-refractivity contribution in [3.63, 3.8) is 0 Å². The molecule has 0 atom stereocenters. The number of carbonyl (C=O) groups is 2. The van der Waals surface area contributed by atoms with Crippen LogP contribution in [-0.4, -0.2) is 54.3 Å². The highest BCUT2D eigenvalue weighted by Gasteiger charge is 2.20. The Morgan fingerprint density at radius 3 is 2.26 bits per heavy atom. The highest BCUT2D eigenvalue weighted by atomic mass is 16.2. The average Bonchev–Trinajstić information content (AvgIpc) is 3.08. The zero-order valence-corrected chi connectivity index (χ0v) is 16.6. The highest BCUT2D eigenvalue weighted by molar-refractivity contribution is 5.94. The molecule has 0 spiro atoms. The van der Waals surface area contributed by atoms with Gasteiger partial charge in [0.1, 0.15) is 0 Å². The Balaban J connectivity index is 1.43. The van der Waals surface area contributed by atoms with Gasteiger partial charge in [-0.15, -0.1) is 0 Å². The molecule has 1 aliphatic carbocycles. The van der Waals surface area contributed by atoms with Crippen molar-refractivity contribution in [1.29, 1.82) is 0 Å². The fraction of sp³-hybridized carbons (Fsp3) is 0.636. The molecule has 148 valence electrons. The predicted octanol–water partition coefficient (Wildman–Crippen LogP) is 3.19. The molecule has 5 heteroatoms. The number of amides is 2. The summed E-state index contributed by atoms with van der Waals surface area (Å²) in [5.74, 6) is 0.187. The number of likely N-dealkylation sites (tertiary alicyclic amines) is 1. The maximum absolute atomic E-state index is 12.4. The minimum Gasteiger partial charge on any atom is -0.351 e. The van der Waals surface area contributed by atoms with Crippen molar-refractivity contribution in [2.75, 3.05) is 26.7 Å². The van der Waals surface area contributed by atoms with Crippen molar-refractivity contribution < 1.29 is 9.59 Å². The van der Waals surface area contributed by atoms with Crippen molar-refractivity contribution >= 4 is 11.8 Å². The summed E-state index contributed by atoms with van der Waals surface area (Å²) in [6, 6.07) is 8.17. The monoisotopic (exact) mass is 371 g/mol. The quantitative estimate of drug-likeness (QED) is 0.782. The molecule has 0 radical (unpaired) electrons. The normalized spacial score (nSPS) is 18.5. The van der Waals surface area contributed by atoms with Crippen LogP contribution in [0, 0.1) is 0 Å². The number of nitrogens with one attached hydrogen (secondary N) is 1. The van der Waals surface area contributed by atoms with Gasteiger partial charge >= 0.3 is 0 Å². The van der Waals surface area contributed by atoms with E-state index < -0.39 is 0 Å². The molecule has 1 aromatic carbocycles. The average molecular weight is 372 g/mol. The molecule has 27 heavy (non-hydrogen) atoms. The number of nitrogens with zero attached hydrogens (tertiary/aromatic N) is 2. The van der Waals surface area contributed by atoms with Crippen LogP contribution in [0.4, 0.5) is 0 Å². The lowest BCUT2D eigenvalue weighted by Crippen LogP contribution is -2.40. The van der Waals surface area contributed by atoms with Gasteiger partial charge in [-0.3, -0.25) is 14.5 Å². The molecule has 2 fully saturated rings. The van der Waals surface area contributed by atoms with Gasteiger partial charge in [-0.25, -0.2) is 0 Å². The minimum atomic E-state index is 0.0685. The number of rotatable bonds is 6. The second kappa shape index (κ2) is 9.88. The van der Waals surface area contributed by atoms with E-state index in [0.717, 1.165) is 37.1 Å². The number of carbonyl (C=O) groups excluding carboxylic acids is 2. The summed E-state index contributed by atoms with van der Waals surface area (Å²) in [5.41, 5.74) is 1.76. The summed E-state index contributed by atoms with van der Waals surface area (Å²) in [6.45, 7) is 2.70. The molecular weight excluding hydrogens is 338 g/mol. The first kappa shape index (κ1) is 19.9. The fourth-order valence-electron chi connectivity index (χ4n) is 4.18. The number of hydrogen-bond acceptors (Lipinski definition) is 3. The largest absolute Gasteiger partial charge is 0.351 e. The summed E-state index contributed by atoms with van der Waals surface area (Å²) >= 11 is 0. The van der Waals surface area contributed by atoms with Crippen molar-refractivity contribution in [2.45, 2.75) is 64.0 Å². The van der Waals surface area contributed by atoms with Gasteiger partial charge in [-0.2, -0.15) is 0 Å². The SMILES string of the molecule is CN(CC(=O)NCc1ccc(C(=O)N2CCCC2)cc1)C1CCCCCC1. The van der Waals surface area contributed by atoms with E-state index in [4.69, 9.17) is 0 Å². The Bertz CT molecular complexity index is 615. The lowest BCUT2D eigenvalue weighted by Gasteiger charge is -2.26. The third kappa shape index (κ3) is 5.80. The molecule has 1 saturated heterocycles. The molecular formula is C22H33N3O2. The molecule has 2 amide bonds. The topological polar surface area (TPSA) is 52.7 Å². The first-order valence-electron chi connectivity index (χ1n) is 10.5. The van der Waals surface area contributed by atoms with E-state index in [9.17, 15) is 9.59 Å². The van der Waals surface area contributed by atoms with Crippen LogP contribution in [0.3, 0.4) is 0 Å². The van der Waals surface area contributed by atoms with Gasteiger partial charge in [0.15, 0.2) is 0 Å². The van der Waals surface area contributed by atoms with Crippen molar-refractivity contribution in [3.8, 4) is 0 Å². The Morgan fingerprint density at radius 2 is 1.63 bits per heavy atom. The molecule has 1 saturated carbocycles. The maximum Gasteiger partial charge on any atom is 0.253 e. The Hall–Kier alpha value is -1.88. The molecule has 0 bridgehead atoms. The summed E-state index contributed by atoms with van der Waals surface area (Å²) in [5, 5.41) is 3.01. The summed E-state index contributed by atoms with van der Waals surface area (Å²) in [4.78, 5) is 28.8. The van der Waals surface area contributed by atoms with Crippen LogP contribution >= 0.6 is 0 Å². The third-order valence-corrected chi connectivity index (χ3v) is 5.92. The van der Waals surface area contributed by atoms with Crippen molar-refractivity contribution in [2.24, 2.45) is 0 Å². The second-order valence-electron chi connectivity index (χ2n) is 8.03. The zero-order chi connectivity index (χ0) is 19.1. The number of benzene rings is 1. The summed E-state index contributed by atoms with van der Waals surface area (Å²) in [6.07, 6.45) is 9.82.